The van der Waals surface area contributed by atoms with Crippen LogP contribution >= 0.6 is 0 Å². The molecule has 0 aliphatic heterocycles. The van der Waals surface area contributed by atoms with Crippen molar-refractivity contribution in [2.75, 3.05) is 7.05 Å². The lowest BCUT2D eigenvalue weighted by Crippen LogP contribution is -2.44. The van der Waals surface area contributed by atoms with Crippen LogP contribution in [0.25, 0.3) is 0 Å². The molecular formula is C19H21F2NO3. The van der Waals surface area contributed by atoms with Gasteiger partial charge in [-0.25, -0.2) is 8.78 Å². The molecule has 0 aliphatic carbocycles. The SMILES string of the molecule is CN[C@@H](C)C(=O)O[C@@H](C)C(O)(c1ccc(F)cc1)c1ccc(F)cc1. The molecule has 2 N–H and O–H groups in total. The molecule has 0 bridgehead atoms. The lowest BCUT2D eigenvalue weighted by atomic mass is 9.82. The highest BCUT2D eigenvalue weighted by Gasteiger charge is 2.40. The number of hydrogen-bond acceptors (Lipinski definition) is 4. The van der Waals surface area contributed by atoms with Gasteiger partial charge < -0.3 is 15.2 Å². The smallest absolute Gasteiger partial charge is 0.323 e. The second-order valence-electron chi connectivity index (χ2n) is 5.87. The van der Waals surface area contributed by atoms with Crippen molar-refractivity contribution in [1.29, 1.82) is 0 Å². The summed E-state index contributed by atoms with van der Waals surface area (Å²) in [5, 5.41) is 14.1. The zero-order valence-electron chi connectivity index (χ0n) is 14.3. The molecular weight excluding hydrogens is 328 g/mol. The van der Waals surface area contributed by atoms with E-state index in [4.69, 9.17) is 4.74 Å². The molecule has 0 amide bonds. The first-order chi connectivity index (χ1) is 11.8. The van der Waals surface area contributed by atoms with E-state index in [9.17, 15) is 18.7 Å². The Labute approximate surface area is 145 Å². The summed E-state index contributed by atoms with van der Waals surface area (Å²) in [5.41, 5.74) is -1.10. The molecule has 0 radical (unpaired) electrons. The number of carbonyl (C=O) groups is 1. The van der Waals surface area contributed by atoms with E-state index in [-0.39, 0.29) is 0 Å². The quantitative estimate of drug-likeness (QED) is 0.788. The Morgan fingerprint density at radius 1 is 1.00 bits per heavy atom. The number of nitrogens with one attached hydrogen (secondary N) is 1. The van der Waals surface area contributed by atoms with Crippen molar-refractivity contribution in [1.82, 2.24) is 5.32 Å². The molecule has 0 aromatic heterocycles. The number of rotatable bonds is 6. The second-order valence-corrected chi connectivity index (χ2v) is 5.87. The van der Waals surface area contributed by atoms with Crippen LogP contribution < -0.4 is 5.32 Å². The number of halogens is 2. The summed E-state index contributed by atoms with van der Waals surface area (Å²) in [4.78, 5) is 12.1. The van der Waals surface area contributed by atoms with Crippen LogP contribution in [0.3, 0.4) is 0 Å². The van der Waals surface area contributed by atoms with Gasteiger partial charge in [-0.2, -0.15) is 0 Å². The normalized spacial score (nSPS) is 14.0. The monoisotopic (exact) mass is 349 g/mol. The number of aliphatic hydroxyl groups is 1. The van der Waals surface area contributed by atoms with Gasteiger partial charge in [-0.05, 0) is 56.3 Å². The van der Waals surface area contributed by atoms with E-state index in [1.807, 2.05) is 0 Å². The minimum Gasteiger partial charge on any atom is -0.458 e. The van der Waals surface area contributed by atoms with Gasteiger partial charge in [0.15, 0.2) is 5.60 Å². The molecule has 0 heterocycles. The minimum absolute atomic E-state index is 0.331. The molecule has 0 saturated carbocycles. The van der Waals surface area contributed by atoms with Crippen LogP contribution in [0.5, 0.6) is 0 Å². The average molecular weight is 349 g/mol. The number of esters is 1. The van der Waals surface area contributed by atoms with Gasteiger partial charge >= 0.3 is 5.97 Å². The van der Waals surface area contributed by atoms with Crippen molar-refractivity contribution in [3.05, 3.63) is 71.3 Å². The first-order valence-electron chi connectivity index (χ1n) is 7.91. The molecule has 2 aromatic carbocycles. The van der Waals surface area contributed by atoms with E-state index < -0.39 is 35.4 Å². The Hall–Kier alpha value is -2.31. The lowest BCUT2D eigenvalue weighted by molar-refractivity contribution is -0.162. The van der Waals surface area contributed by atoms with Crippen LogP contribution in [0.1, 0.15) is 25.0 Å². The van der Waals surface area contributed by atoms with Crippen LogP contribution in [0.2, 0.25) is 0 Å². The minimum atomic E-state index is -1.76. The Morgan fingerprint density at radius 2 is 1.40 bits per heavy atom. The molecule has 0 spiro atoms. The largest absolute Gasteiger partial charge is 0.458 e. The maximum Gasteiger partial charge on any atom is 0.323 e. The standard InChI is InChI=1S/C19H21F2NO3/c1-12(22-3)18(23)25-13(2)19(24,14-4-8-16(20)9-5-14)15-6-10-17(21)11-7-15/h4-13,22,24H,1-3H3/t12-,13-/m0/s1. The van der Waals surface area contributed by atoms with Gasteiger partial charge in [0.2, 0.25) is 0 Å². The third-order valence-electron chi connectivity index (χ3n) is 4.24. The number of hydrogen-bond donors (Lipinski definition) is 2. The molecule has 0 fully saturated rings. The van der Waals surface area contributed by atoms with Crippen molar-refractivity contribution >= 4 is 5.97 Å². The van der Waals surface area contributed by atoms with E-state index in [1.165, 1.54) is 55.5 Å². The lowest BCUT2D eigenvalue weighted by Gasteiger charge is -2.35. The van der Waals surface area contributed by atoms with Crippen LogP contribution in [-0.4, -0.2) is 30.3 Å². The Bertz CT molecular complexity index is 671. The summed E-state index contributed by atoms with van der Waals surface area (Å²) < 4.78 is 31.9. The van der Waals surface area contributed by atoms with Gasteiger partial charge in [-0.3, -0.25) is 4.79 Å². The molecule has 25 heavy (non-hydrogen) atoms. The zero-order chi connectivity index (χ0) is 18.6. The van der Waals surface area contributed by atoms with Gasteiger partial charge in [0, 0.05) is 0 Å². The average Bonchev–Trinajstić information content (AvgIpc) is 2.61. The molecule has 2 aromatic rings. The number of benzene rings is 2. The predicted molar refractivity (Wildman–Crippen MR) is 89.9 cm³/mol. The van der Waals surface area contributed by atoms with Crippen LogP contribution in [0.4, 0.5) is 8.78 Å². The second kappa shape index (κ2) is 7.72. The third-order valence-corrected chi connectivity index (χ3v) is 4.24. The summed E-state index contributed by atoms with van der Waals surface area (Å²) >= 11 is 0. The van der Waals surface area contributed by atoms with Crippen molar-refractivity contribution in [3.63, 3.8) is 0 Å². The molecule has 0 saturated heterocycles. The van der Waals surface area contributed by atoms with E-state index in [0.29, 0.717) is 11.1 Å². The first-order valence-corrected chi connectivity index (χ1v) is 7.91. The summed E-state index contributed by atoms with van der Waals surface area (Å²) in [5.74, 6) is -1.46. The fourth-order valence-corrected chi connectivity index (χ4v) is 2.52. The fourth-order valence-electron chi connectivity index (χ4n) is 2.52. The van der Waals surface area contributed by atoms with E-state index >= 15 is 0 Å². The Kier molecular flexibility index (Phi) is 5.87. The van der Waals surface area contributed by atoms with E-state index in [2.05, 4.69) is 5.32 Å². The molecule has 134 valence electrons. The molecule has 0 unspecified atom stereocenters. The van der Waals surface area contributed by atoms with Gasteiger partial charge in [0.05, 0.1) is 0 Å². The molecule has 2 atom stereocenters. The van der Waals surface area contributed by atoms with Gasteiger partial charge in [0.1, 0.15) is 23.8 Å². The third kappa shape index (κ3) is 4.03. The first kappa shape index (κ1) is 19.0. The number of likely N-dealkylation sites (N-methyl/N-ethyl adjacent to an activating group) is 1. The number of carbonyl (C=O) groups excluding carboxylic acids is 1. The highest BCUT2D eigenvalue weighted by atomic mass is 19.1. The van der Waals surface area contributed by atoms with Crippen molar-refractivity contribution in [2.24, 2.45) is 0 Å². The topological polar surface area (TPSA) is 58.6 Å². The molecule has 2 rings (SSSR count). The van der Waals surface area contributed by atoms with Crippen LogP contribution in [0, 0.1) is 11.6 Å². The van der Waals surface area contributed by atoms with Crippen molar-refractivity contribution < 1.29 is 23.4 Å². The summed E-state index contributed by atoms with van der Waals surface area (Å²) in [6, 6.07) is 9.88. The van der Waals surface area contributed by atoms with Gasteiger partial charge in [-0.15, -0.1) is 0 Å². The molecule has 4 nitrogen and oxygen atoms in total. The highest BCUT2D eigenvalue weighted by molar-refractivity contribution is 5.75. The summed E-state index contributed by atoms with van der Waals surface area (Å²) in [6.07, 6.45) is -0.994. The maximum atomic E-state index is 13.3. The Balaban J connectivity index is 2.46. The summed E-state index contributed by atoms with van der Waals surface area (Å²) in [7, 11) is 1.61. The summed E-state index contributed by atoms with van der Waals surface area (Å²) in [6.45, 7) is 3.16. The number of ether oxygens (including phenoxy) is 1. The van der Waals surface area contributed by atoms with Gasteiger partial charge in [0.25, 0.3) is 0 Å². The van der Waals surface area contributed by atoms with Crippen LogP contribution in [0.15, 0.2) is 48.5 Å². The van der Waals surface area contributed by atoms with E-state index in [0.717, 1.165) is 0 Å². The maximum absolute atomic E-state index is 13.3. The molecule has 0 aliphatic rings. The highest BCUT2D eigenvalue weighted by Crippen LogP contribution is 2.35. The van der Waals surface area contributed by atoms with Crippen molar-refractivity contribution in [2.45, 2.75) is 31.6 Å². The van der Waals surface area contributed by atoms with Crippen molar-refractivity contribution in [3.8, 4) is 0 Å². The van der Waals surface area contributed by atoms with E-state index in [1.54, 1.807) is 14.0 Å². The van der Waals surface area contributed by atoms with Gasteiger partial charge in [-0.1, -0.05) is 24.3 Å². The fraction of sp³-hybridized carbons (Fsp3) is 0.316. The predicted octanol–water partition coefficient (Wildman–Crippen LogP) is 2.74. The zero-order valence-corrected chi connectivity index (χ0v) is 14.3. The molecule has 6 heteroatoms. The Morgan fingerprint density at radius 3 is 1.76 bits per heavy atom. The van der Waals surface area contributed by atoms with Crippen LogP contribution in [-0.2, 0) is 15.1 Å².